The zero-order chi connectivity index (χ0) is 20.7. The molecular weight excluding hydrogens is 387 g/mol. The van der Waals surface area contributed by atoms with Gasteiger partial charge in [0.25, 0.3) is 0 Å². The summed E-state index contributed by atoms with van der Waals surface area (Å²) in [5.41, 5.74) is 1.41. The topological polar surface area (TPSA) is 102 Å². The Morgan fingerprint density at radius 3 is 3.03 bits per heavy atom. The van der Waals surface area contributed by atoms with E-state index in [1.807, 2.05) is 13.1 Å². The lowest BCUT2D eigenvalue weighted by Gasteiger charge is -2.16. The van der Waals surface area contributed by atoms with E-state index in [-0.39, 0.29) is 17.4 Å². The number of hydrogen-bond acceptors (Lipinski definition) is 6. The molecule has 1 aromatic carbocycles. The summed E-state index contributed by atoms with van der Waals surface area (Å²) in [4.78, 5) is 21.5. The lowest BCUT2D eigenvalue weighted by molar-refractivity contribution is -0.121. The van der Waals surface area contributed by atoms with Crippen LogP contribution < -0.4 is 10.6 Å². The Labute approximate surface area is 171 Å². The van der Waals surface area contributed by atoms with Gasteiger partial charge in [-0.2, -0.15) is 9.61 Å². The van der Waals surface area contributed by atoms with Crippen LogP contribution in [0.4, 0.5) is 10.3 Å². The normalized spacial score (nSPS) is 17.3. The first-order valence-corrected chi connectivity index (χ1v) is 10.1. The SMILES string of the molecule is CCn1cc(-c2nc3c4cccc(F)c4nc(N[C@@H]4CCCCNC4=O)n3n2)cn1. The average Bonchev–Trinajstić information content (AvgIpc) is 3.36. The molecule has 4 aromatic rings. The Hall–Kier alpha value is -3.56. The summed E-state index contributed by atoms with van der Waals surface area (Å²) >= 11 is 0. The molecule has 30 heavy (non-hydrogen) atoms. The predicted molar refractivity (Wildman–Crippen MR) is 109 cm³/mol. The summed E-state index contributed by atoms with van der Waals surface area (Å²) in [7, 11) is 0. The van der Waals surface area contributed by atoms with Gasteiger partial charge in [-0.05, 0) is 38.3 Å². The molecule has 5 rings (SSSR count). The third-order valence-electron chi connectivity index (χ3n) is 5.31. The highest BCUT2D eigenvalue weighted by atomic mass is 19.1. The number of nitrogens with zero attached hydrogens (tertiary/aromatic N) is 6. The second kappa shape index (κ2) is 7.36. The van der Waals surface area contributed by atoms with E-state index in [4.69, 9.17) is 0 Å². The number of carbonyl (C=O) groups excluding carboxylic acids is 1. The number of amides is 1. The maximum absolute atomic E-state index is 14.6. The highest BCUT2D eigenvalue weighted by Gasteiger charge is 2.24. The van der Waals surface area contributed by atoms with Crippen LogP contribution in [0.25, 0.3) is 27.9 Å². The Morgan fingerprint density at radius 1 is 1.30 bits per heavy atom. The standard InChI is InChI=1S/C20H21FN8O/c1-2-28-11-12(10-23-28)17-26-18-13-6-5-7-14(21)16(13)25-20(29(18)27-17)24-15-8-3-4-9-22-19(15)30/h5-7,10-11,15H,2-4,8-9H2,1H3,(H,22,30)(H,24,25)/t15-/m1/s1. The van der Waals surface area contributed by atoms with Crippen LogP contribution in [0.1, 0.15) is 26.2 Å². The van der Waals surface area contributed by atoms with Gasteiger partial charge in [-0.3, -0.25) is 9.48 Å². The Balaban J connectivity index is 1.67. The summed E-state index contributed by atoms with van der Waals surface area (Å²) in [6, 6.07) is 4.27. The predicted octanol–water partition coefficient (Wildman–Crippen LogP) is 2.38. The molecule has 1 aliphatic rings. The molecule has 9 nitrogen and oxygen atoms in total. The van der Waals surface area contributed by atoms with Crippen molar-refractivity contribution in [2.75, 3.05) is 11.9 Å². The molecule has 0 spiro atoms. The molecule has 1 amide bonds. The van der Waals surface area contributed by atoms with Crippen LogP contribution in [0.3, 0.4) is 0 Å². The number of anilines is 1. The molecular formula is C20H21FN8O. The third-order valence-corrected chi connectivity index (χ3v) is 5.31. The zero-order valence-electron chi connectivity index (χ0n) is 16.5. The summed E-state index contributed by atoms with van der Waals surface area (Å²) in [6.07, 6.45) is 6.04. The van der Waals surface area contributed by atoms with E-state index in [0.29, 0.717) is 29.8 Å². The lowest BCUT2D eigenvalue weighted by atomic mass is 10.1. The smallest absolute Gasteiger partial charge is 0.242 e. The Kier molecular flexibility index (Phi) is 4.53. The molecule has 0 radical (unpaired) electrons. The maximum Gasteiger partial charge on any atom is 0.242 e. The fourth-order valence-corrected chi connectivity index (χ4v) is 3.70. The van der Waals surface area contributed by atoms with Gasteiger partial charge in [-0.1, -0.05) is 6.07 Å². The third kappa shape index (κ3) is 3.14. The number of rotatable bonds is 4. The zero-order valence-corrected chi connectivity index (χ0v) is 16.5. The molecule has 0 bridgehead atoms. The number of hydrogen-bond donors (Lipinski definition) is 2. The molecule has 154 valence electrons. The molecule has 0 unspecified atom stereocenters. The molecule has 1 aliphatic heterocycles. The van der Waals surface area contributed by atoms with Gasteiger partial charge in [0.05, 0.1) is 11.8 Å². The fraction of sp³-hybridized carbons (Fsp3) is 0.350. The van der Waals surface area contributed by atoms with Crippen LogP contribution in [0.2, 0.25) is 0 Å². The van der Waals surface area contributed by atoms with Gasteiger partial charge in [-0.15, -0.1) is 5.10 Å². The van der Waals surface area contributed by atoms with E-state index >= 15 is 0 Å². The van der Waals surface area contributed by atoms with Crippen LogP contribution in [-0.4, -0.2) is 47.9 Å². The lowest BCUT2D eigenvalue weighted by Crippen LogP contribution is -2.38. The van der Waals surface area contributed by atoms with Gasteiger partial charge < -0.3 is 10.6 Å². The molecule has 10 heteroatoms. The number of para-hydroxylation sites is 1. The second-order valence-electron chi connectivity index (χ2n) is 7.31. The number of carbonyl (C=O) groups is 1. The monoisotopic (exact) mass is 408 g/mol. The molecule has 3 aromatic heterocycles. The van der Waals surface area contributed by atoms with Gasteiger partial charge in [0, 0.05) is 24.7 Å². The number of nitrogens with one attached hydrogen (secondary N) is 2. The summed E-state index contributed by atoms with van der Waals surface area (Å²) < 4.78 is 17.9. The number of benzene rings is 1. The minimum absolute atomic E-state index is 0.0966. The minimum Gasteiger partial charge on any atom is -0.354 e. The Bertz CT molecular complexity index is 1250. The molecule has 2 N–H and O–H groups in total. The van der Waals surface area contributed by atoms with Gasteiger partial charge in [-0.25, -0.2) is 14.4 Å². The number of aryl methyl sites for hydroxylation is 1. The average molecular weight is 408 g/mol. The van der Waals surface area contributed by atoms with Crippen molar-refractivity contribution in [2.45, 2.75) is 38.8 Å². The van der Waals surface area contributed by atoms with Crippen LogP contribution in [0, 0.1) is 5.82 Å². The molecule has 1 atom stereocenters. The van der Waals surface area contributed by atoms with Crippen LogP contribution in [0.5, 0.6) is 0 Å². The van der Waals surface area contributed by atoms with Crippen molar-refractivity contribution in [3.63, 3.8) is 0 Å². The van der Waals surface area contributed by atoms with Gasteiger partial charge in [0.1, 0.15) is 17.4 Å². The fourth-order valence-electron chi connectivity index (χ4n) is 3.70. The highest BCUT2D eigenvalue weighted by molar-refractivity contribution is 5.93. The van der Waals surface area contributed by atoms with E-state index in [0.717, 1.165) is 24.9 Å². The summed E-state index contributed by atoms with van der Waals surface area (Å²) in [5, 5.41) is 15.5. The first-order valence-electron chi connectivity index (χ1n) is 10.1. The first-order chi connectivity index (χ1) is 14.6. The molecule has 4 heterocycles. The maximum atomic E-state index is 14.6. The quantitative estimate of drug-likeness (QED) is 0.538. The number of aromatic nitrogens is 6. The molecule has 1 fully saturated rings. The van der Waals surface area contributed by atoms with Crippen molar-refractivity contribution < 1.29 is 9.18 Å². The van der Waals surface area contributed by atoms with Crippen molar-refractivity contribution in [2.24, 2.45) is 0 Å². The molecule has 0 saturated carbocycles. The van der Waals surface area contributed by atoms with E-state index in [1.54, 1.807) is 27.5 Å². The van der Waals surface area contributed by atoms with Crippen molar-refractivity contribution >= 4 is 28.4 Å². The van der Waals surface area contributed by atoms with Crippen LogP contribution >= 0.6 is 0 Å². The van der Waals surface area contributed by atoms with Gasteiger partial charge in [0.2, 0.25) is 11.9 Å². The van der Waals surface area contributed by atoms with Crippen molar-refractivity contribution in [3.05, 3.63) is 36.4 Å². The van der Waals surface area contributed by atoms with Gasteiger partial charge >= 0.3 is 0 Å². The van der Waals surface area contributed by atoms with Gasteiger partial charge in [0.15, 0.2) is 11.5 Å². The van der Waals surface area contributed by atoms with E-state index in [2.05, 4.69) is 30.8 Å². The number of fused-ring (bicyclic) bond motifs is 3. The summed E-state index contributed by atoms with van der Waals surface area (Å²) in [6.45, 7) is 3.38. The first kappa shape index (κ1) is 18.5. The summed E-state index contributed by atoms with van der Waals surface area (Å²) in [5.74, 6) is 0.195. The minimum atomic E-state index is -0.470. The van der Waals surface area contributed by atoms with E-state index in [9.17, 15) is 9.18 Å². The van der Waals surface area contributed by atoms with Crippen molar-refractivity contribution in [1.29, 1.82) is 0 Å². The molecule has 0 aliphatic carbocycles. The van der Waals surface area contributed by atoms with Crippen LogP contribution in [-0.2, 0) is 11.3 Å². The van der Waals surface area contributed by atoms with Crippen molar-refractivity contribution in [1.82, 2.24) is 34.7 Å². The largest absolute Gasteiger partial charge is 0.354 e. The van der Waals surface area contributed by atoms with Crippen molar-refractivity contribution in [3.8, 4) is 11.4 Å². The second-order valence-corrected chi connectivity index (χ2v) is 7.31. The van der Waals surface area contributed by atoms with E-state index < -0.39 is 11.9 Å². The molecule has 1 saturated heterocycles. The highest BCUT2D eigenvalue weighted by Crippen LogP contribution is 2.26. The van der Waals surface area contributed by atoms with Crippen LogP contribution in [0.15, 0.2) is 30.6 Å². The number of halogens is 1. The Morgan fingerprint density at radius 2 is 2.20 bits per heavy atom. The van der Waals surface area contributed by atoms with E-state index in [1.165, 1.54) is 6.07 Å².